The second-order valence-electron chi connectivity index (χ2n) is 5.78. The molecule has 0 spiro atoms. The average molecular weight is 398 g/mol. The van der Waals surface area contributed by atoms with E-state index in [1.165, 1.54) is 31.7 Å². The van der Waals surface area contributed by atoms with E-state index < -0.39 is 10.0 Å². The van der Waals surface area contributed by atoms with Crippen LogP contribution in [0, 0.1) is 6.92 Å². The van der Waals surface area contributed by atoms with E-state index in [2.05, 4.69) is 19.7 Å². The van der Waals surface area contributed by atoms with Crippen molar-refractivity contribution in [1.82, 2.24) is 9.97 Å². The Kier molecular flexibility index (Phi) is 5.55. The Morgan fingerprint density at radius 2 is 1.89 bits per heavy atom. The number of nitrogens with one attached hydrogen (secondary N) is 1. The monoisotopic (exact) mass is 398 g/mol. The maximum Gasteiger partial charge on any atom is 0.264 e. The number of para-hydroxylation sites is 1. The minimum Gasteiger partial charge on any atom is -0.504 e. The first kappa shape index (κ1) is 19.3. The molecule has 2 N–H and O–H groups in total. The van der Waals surface area contributed by atoms with Gasteiger partial charge in [0.05, 0.1) is 17.7 Å². The predicted octanol–water partition coefficient (Wildman–Crippen LogP) is 3.05. The molecule has 0 bridgehead atoms. The maximum absolute atomic E-state index is 12.4. The topological polar surface area (TPSA) is 114 Å². The number of aromatic nitrogens is 2. The van der Waals surface area contributed by atoms with Crippen molar-refractivity contribution in [3.63, 3.8) is 0 Å². The van der Waals surface area contributed by atoms with Gasteiger partial charge in [-0.2, -0.15) is 0 Å². The Balaban J connectivity index is 1.78. The first-order chi connectivity index (χ1) is 13.4. The van der Waals surface area contributed by atoms with Gasteiger partial charge in [0.25, 0.3) is 10.0 Å². The number of methoxy groups -OCH3 is 1. The molecule has 0 amide bonds. The Morgan fingerprint density at radius 3 is 2.57 bits per heavy atom. The number of aromatic hydroxyl groups is 1. The fourth-order valence-corrected chi connectivity index (χ4v) is 3.29. The quantitative estimate of drug-likeness (QED) is 0.617. The molecule has 3 aromatic rings. The van der Waals surface area contributed by atoms with E-state index >= 15 is 0 Å². The van der Waals surface area contributed by atoms with E-state index in [4.69, 9.17) is 4.74 Å². The summed E-state index contributed by atoms with van der Waals surface area (Å²) in [4.78, 5) is 12.2. The normalized spacial score (nSPS) is 11.5. The van der Waals surface area contributed by atoms with Gasteiger partial charge in [0.15, 0.2) is 11.5 Å². The standard InChI is InChI=1S/C19H18N4O4S/c1-13-10-11-20-19(22-13)23-28(25,26)16-8-6-15(7-9-16)21-12-14-4-3-5-17(27-2)18(14)24/h3-12,24H,1-2H3,(H,20,22,23). The number of phenolic OH excluding ortho intramolecular Hbond substituents is 1. The maximum atomic E-state index is 12.4. The van der Waals surface area contributed by atoms with Crippen molar-refractivity contribution in [2.75, 3.05) is 11.8 Å². The highest BCUT2D eigenvalue weighted by Gasteiger charge is 2.15. The molecule has 1 aromatic heterocycles. The molecule has 0 aliphatic rings. The molecule has 144 valence electrons. The summed E-state index contributed by atoms with van der Waals surface area (Å²) in [5, 5.41) is 10.1. The third-order valence-electron chi connectivity index (χ3n) is 3.77. The molecule has 8 nitrogen and oxygen atoms in total. The summed E-state index contributed by atoms with van der Waals surface area (Å²) in [5.74, 6) is 0.334. The third-order valence-corrected chi connectivity index (χ3v) is 5.11. The van der Waals surface area contributed by atoms with Crippen LogP contribution in [-0.4, -0.2) is 36.8 Å². The Morgan fingerprint density at radius 1 is 1.14 bits per heavy atom. The van der Waals surface area contributed by atoms with Gasteiger partial charge in [0.1, 0.15) is 0 Å². The van der Waals surface area contributed by atoms with Crippen LogP contribution in [0.25, 0.3) is 0 Å². The average Bonchev–Trinajstić information content (AvgIpc) is 2.67. The second-order valence-corrected chi connectivity index (χ2v) is 7.46. The van der Waals surface area contributed by atoms with E-state index in [9.17, 15) is 13.5 Å². The van der Waals surface area contributed by atoms with Crippen LogP contribution in [0.1, 0.15) is 11.3 Å². The van der Waals surface area contributed by atoms with E-state index in [1.807, 2.05) is 0 Å². The first-order valence-corrected chi connectivity index (χ1v) is 9.70. The summed E-state index contributed by atoms with van der Waals surface area (Å²) >= 11 is 0. The summed E-state index contributed by atoms with van der Waals surface area (Å²) in [6, 6.07) is 12.7. The molecule has 0 atom stereocenters. The Labute approximate surface area is 162 Å². The van der Waals surface area contributed by atoms with Crippen molar-refractivity contribution in [3.8, 4) is 11.5 Å². The van der Waals surface area contributed by atoms with Crippen molar-refractivity contribution in [3.05, 3.63) is 66.0 Å². The Bertz CT molecular complexity index is 1110. The van der Waals surface area contributed by atoms with Crippen LogP contribution >= 0.6 is 0 Å². The summed E-state index contributed by atoms with van der Waals surface area (Å²) in [6.45, 7) is 1.74. The molecule has 28 heavy (non-hydrogen) atoms. The third kappa shape index (κ3) is 4.44. The number of hydrogen-bond acceptors (Lipinski definition) is 7. The van der Waals surface area contributed by atoms with Crippen molar-refractivity contribution in [2.24, 2.45) is 4.99 Å². The largest absolute Gasteiger partial charge is 0.504 e. The van der Waals surface area contributed by atoms with Gasteiger partial charge in [0, 0.05) is 23.7 Å². The van der Waals surface area contributed by atoms with Crippen molar-refractivity contribution in [2.45, 2.75) is 11.8 Å². The van der Waals surface area contributed by atoms with Gasteiger partial charge in [-0.25, -0.2) is 23.1 Å². The highest BCUT2D eigenvalue weighted by molar-refractivity contribution is 7.92. The van der Waals surface area contributed by atoms with Gasteiger partial charge in [-0.05, 0) is 49.4 Å². The second kappa shape index (κ2) is 8.05. The number of aryl methyl sites for hydroxylation is 1. The molecule has 0 radical (unpaired) electrons. The minimum absolute atomic E-state index is 0.00981. The van der Waals surface area contributed by atoms with Gasteiger partial charge >= 0.3 is 0 Å². The summed E-state index contributed by atoms with van der Waals surface area (Å²) in [5.41, 5.74) is 1.65. The fraction of sp³-hybridized carbons (Fsp3) is 0.105. The van der Waals surface area contributed by atoms with Crippen LogP contribution in [0.3, 0.4) is 0 Å². The molecule has 0 saturated carbocycles. The van der Waals surface area contributed by atoms with E-state index in [-0.39, 0.29) is 16.6 Å². The molecular weight excluding hydrogens is 380 g/mol. The van der Waals surface area contributed by atoms with Gasteiger partial charge in [-0.1, -0.05) is 6.07 Å². The van der Waals surface area contributed by atoms with E-state index in [1.54, 1.807) is 43.3 Å². The van der Waals surface area contributed by atoms with Gasteiger partial charge < -0.3 is 9.84 Å². The number of benzene rings is 2. The highest BCUT2D eigenvalue weighted by atomic mass is 32.2. The highest BCUT2D eigenvalue weighted by Crippen LogP contribution is 2.28. The lowest BCUT2D eigenvalue weighted by Gasteiger charge is -2.07. The van der Waals surface area contributed by atoms with Gasteiger partial charge in [-0.15, -0.1) is 0 Å². The van der Waals surface area contributed by atoms with Crippen molar-refractivity contribution in [1.29, 1.82) is 0 Å². The molecule has 0 fully saturated rings. The zero-order valence-electron chi connectivity index (χ0n) is 15.2. The number of anilines is 1. The van der Waals surface area contributed by atoms with Crippen molar-refractivity contribution >= 4 is 27.9 Å². The van der Waals surface area contributed by atoms with Gasteiger partial charge in [-0.3, -0.25) is 4.99 Å². The van der Waals surface area contributed by atoms with Gasteiger partial charge in [0.2, 0.25) is 5.95 Å². The van der Waals surface area contributed by atoms with Crippen molar-refractivity contribution < 1.29 is 18.3 Å². The SMILES string of the molecule is COc1cccc(C=Nc2ccc(S(=O)(=O)Nc3nccc(C)n3)cc2)c1O. The molecular formula is C19H18N4O4S. The molecule has 0 aliphatic carbocycles. The fourth-order valence-electron chi connectivity index (χ4n) is 2.34. The number of phenols is 1. The molecule has 2 aromatic carbocycles. The number of sulfonamides is 1. The lowest BCUT2D eigenvalue weighted by atomic mass is 10.2. The molecule has 0 aliphatic heterocycles. The zero-order chi connectivity index (χ0) is 20.1. The molecule has 9 heteroatoms. The van der Waals surface area contributed by atoms with Crippen LogP contribution < -0.4 is 9.46 Å². The number of nitrogens with zero attached hydrogens (tertiary/aromatic N) is 3. The minimum atomic E-state index is -3.81. The Hall–Kier alpha value is -3.46. The summed E-state index contributed by atoms with van der Waals surface area (Å²) in [7, 11) is -2.35. The predicted molar refractivity (Wildman–Crippen MR) is 106 cm³/mol. The van der Waals surface area contributed by atoms with E-state index in [0.29, 0.717) is 22.7 Å². The smallest absolute Gasteiger partial charge is 0.264 e. The van der Waals surface area contributed by atoms with E-state index in [0.717, 1.165) is 0 Å². The number of rotatable bonds is 6. The molecule has 0 saturated heterocycles. The van der Waals surface area contributed by atoms with Crippen LogP contribution in [0.4, 0.5) is 11.6 Å². The number of hydrogen-bond donors (Lipinski definition) is 2. The lowest BCUT2D eigenvalue weighted by Crippen LogP contribution is -2.15. The number of ether oxygens (including phenoxy) is 1. The molecule has 3 rings (SSSR count). The lowest BCUT2D eigenvalue weighted by molar-refractivity contribution is 0.373. The first-order valence-electron chi connectivity index (χ1n) is 8.21. The van der Waals surface area contributed by atoms with Crippen LogP contribution in [0.2, 0.25) is 0 Å². The molecule has 1 heterocycles. The summed E-state index contributed by atoms with van der Waals surface area (Å²) < 4.78 is 32.3. The number of aliphatic imine (C=N–C) groups is 1. The van der Waals surface area contributed by atoms with Crippen LogP contribution in [-0.2, 0) is 10.0 Å². The summed E-state index contributed by atoms with van der Waals surface area (Å²) in [6.07, 6.45) is 2.95. The zero-order valence-corrected chi connectivity index (χ0v) is 16.0. The van der Waals surface area contributed by atoms with Crippen LogP contribution in [0.15, 0.2) is 64.6 Å². The molecule has 0 unspecified atom stereocenters. The van der Waals surface area contributed by atoms with Crippen LogP contribution in [0.5, 0.6) is 11.5 Å².